The van der Waals surface area contributed by atoms with Crippen molar-refractivity contribution in [2.24, 2.45) is 0 Å². The summed E-state index contributed by atoms with van der Waals surface area (Å²) in [5.74, 6) is -0.153. The maximum absolute atomic E-state index is 10.6. The van der Waals surface area contributed by atoms with E-state index in [1.807, 2.05) is 13.8 Å². The Morgan fingerprint density at radius 1 is 1.67 bits per heavy atom. The van der Waals surface area contributed by atoms with Crippen LogP contribution in [0.4, 0.5) is 0 Å². The summed E-state index contributed by atoms with van der Waals surface area (Å²) in [7, 11) is 0. The largest absolute Gasteiger partial charge is 0.350 e. The molecule has 2 nitrogen and oxygen atoms in total. The average Bonchev–Trinajstić information content (AvgIpc) is 1.63. The van der Waals surface area contributed by atoms with Crippen molar-refractivity contribution in [2.45, 2.75) is 19.9 Å². The highest BCUT2D eigenvalue weighted by atomic mass is 35.5. The van der Waals surface area contributed by atoms with Gasteiger partial charge < -0.3 is 5.32 Å². The standard InChI is InChI=1S/C6H10ClNO/c1-5(2)8-6(9)3-4-7/h3-5H,1-2H3,(H,8,9)/b4-3-. The van der Waals surface area contributed by atoms with Crippen LogP contribution in [-0.4, -0.2) is 11.9 Å². The quantitative estimate of drug-likeness (QED) is 0.586. The first-order valence-electron chi connectivity index (χ1n) is 2.74. The Labute approximate surface area is 59.9 Å². The van der Waals surface area contributed by atoms with Crippen molar-refractivity contribution in [2.75, 3.05) is 0 Å². The van der Waals surface area contributed by atoms with Crippen LogP contribution in [0.1, 0.15) is 13.8 Å². The molecule has 0 atom stereocenters. The number of carbonyl (C=O) groups excluding carboxylic acids is 1. The lowest BCUT2D eigenvalue weighted by Crippen LogP contribution is -2.28. The zero-order valence-electron chi connectivity index (χ0n) is 5.52. The van der Waals surface area contributed by atoms with Crippen molar-refractivity contribution in [1.82, 2.24) is 5.32 Å². The van der Waals surface area contributed by atoms with Crippen LogP contribution in [0.25, 0.3) is 0 Å². The molecule has 0 bridgehead atoms. The molecule has 0 aromatic rings. The van der Waals surface area contributed by atoms with Gasteiger partial charge in [-0.3, -0.25) is 4.79 Å². The topological polar surface area (TPSA) is 29.1 Å². The third-order valence-electron chi connectivity index (χ3n) is 0.645. The molecule has 0 saturated heterocycles. The van der Waals surface area contributed by atoms with Crippen molar-refractivity contribution < 1.29 is 4.79 Å². The predicted molar refractivity (Wildman–Crippen MR) is 38.3 cm³/mol. The fraction of sp³-hybridized carbons (Fsp3) is 0.500. The van der Waals surface area contributed by atoms with E-state index in [0.29, 0.717) is 0 Å². The second-order valence-electron chi connectivity index (χ2n) is 1.96. The van der Waals surface area contributed by atoms with Crippen LogP contribution in [-0.2, 0) is 4.79 Å². The average molecular weight is 148 g/mol. The predicted octanol–water partition coefficient (Wildman–Crippen LogP) is 1.26. The van der Waals surface area contributed by atoms with Gasteiger partial charge in [-0.25, -0.2) is 0 Å². The summed E-state index contributed by atoms with van der Waals surface area (Å²) >= 11 is 5.14. The van der Waals surface area contributed by atoms with Crippen molar-refractivity contribution in [3.8, 4) is 0 Å². The second kappa shape index (κ2) is 4.39. The fourth-order valence-electron chi connectivity index (χ4n) is 0.390. The van der Waals surface area contributed by atoms with Crippen LogP contribution in [0.3, 0.4) is 0 Å². The summed E-state index contributed by atoms with van der Waals surface area (Å²) in [5, 5.41) is 2.63. The molecular weight excluding hydrogens is 138 g/mol. The van der Waals surface area contributed by atoms with Crippen LogP contribution in [0.2, 0.25) is 0 Å². The Morgan fingerprint density at radius 2 is 2.22 bits per heavy atom. The molecule has 0 rings (SSSR count). The molecule has 0 fully saturated rings. The van der Waals surface area contributed by atoms with Crippen LogP contribution >= 0.6 is 11.6 Å². The molecule has 0 aliphatic heterocycles. The van der Waals surface area contributed by atoms with E-state index < -0.39 is 0 Å². The number of amides is 1. The molecule has 0 saturated carbocycles. The smallest absolute Gasteiger partial charge is 0.245 e. The highest BCUT2D eigenvalue weighted by Crippen LogP contribution is 1.81. The van der Waals surface area contributed by atoms with E-state index in [1.54, 1.807) is 0 Å². The van der Waals surface area contributed by atoms with Gasteiger partial charge in [0.15, 0.2) is 0 Å². The third kappa shape index (κ3) is 5.37. The Balaban J connectivity index is 3.51. The van der Waals surface area contributed by atoms with E-state index in [-0.39, 0.29) is 11.9 Å². The first kappa shape index (κ1) is 8.50. The van der Waals surface area contributed by atoms with E-state index in [1.165, 1.54) is 11.6 Å². The monoisotopic (exact) mass is 147 g/mol. The van der Waals surface area contributed by atoms with Gasteiger partial charge in [0.25, 0.3) is 0 Å². The van der Waals surface area contributed by atoms with Crippen LogP contribution in [0.15, 0.2) is 11.6 Å². The summed E-state index contributed by atoms with van der Waals surface area (Å²) in [6.45, 7) is 3.78. The van der Waals surface area contributed by atoms with E-state index in [4.69, 9.17) is 11.6 Å². The highest BCUT2D eigenvalue weighted by molar-refractivity contribution is 6.26. The molecule has 0 unspecified atom stereocenters. The minimum atomic E-state index is -0.153. The number of carbonyl (C=O) groups is 1. The van der Waals surface area contributed by atoms with E-state index in [2.05, 4.69) is 5.32 Å². The highest BCUT2D eigenvalue weighted by Gasteiger charge is 1.95. The van der Waals surface area contributed by atoms with Gasteiger partial charge in [0, 0.05) is 17.7 Å². The van der Waals surface area contributed by atoms with Crippen LogP contribution in [0.5, 0.6) is 0 Å². The molecule has 1 amide bonds. The van der Waals surface area contributed by atoms with Crippen LogP contribution in [0, 0.1) is 0 Å². The van der Waals surface area contributed by atoms with Gasteiger partial charge in [0.1, 0.15) is 0 Å². The summed E-state index contributed by atoms with van der Waals surface area (Å²) < 4.78 is 0. The Bertz CT molecular complexity index is 120. The molecule has 52 valence electrons. The maximum Gasteiger partial charge on any atom is 0.245 e. The summed E-state index contributed by atoms with van der Waals surface area (Å²) in [6.07, 6.45) is 1.28. The zero-order valence-corrected chi connectivity index (χ0v) is 6.27. The molecule has 0 aliphatic carbocycles. The molecular formula is C6H10ClNO. The normalized spacial score (nSPS) is 10.7. The van der Waals surface area contributed by atoms with Gasteiger partial charge in [-0.15, -0.1) is 0 Å². The number of hydrogen-bond donors (Lipinski definition) is 1. The summed E-state index contributed by atoms with van der Waals surface area (Å²) in [5.41, 5.74) is 1.19. The number of rotatable bonds is 2. The Hall–Kier alpha value is -0.500. The molecule has 0 aromatic carbocycles. The minimum Gasteiger partial charge on any atom is -0.350 e. The lowest BCUT2D eigenvalue weighted by molar-refractivity contribution is -0.116. The lowest BCUT2D eigenvalue weighted by atomic mass is 10.4. The van der Waals surface area contributed by atoms with Crippen molar-refractivity contribution in [3.63, 3.8) is 0 Å². The second-order valence-corrected chi connectivity index (χ2v) is 2.21. The van der Waals surface area contributed by atoms with Crippen molar-refractivity contribution in [1.29, 1.82) is 0 Å². The number of hydrogen-bond acceptors (Lipinski definition) is 1. The van der Waals surface area contributed by atoms with Gasteiger partial charge in [-0.1, -0.05) is 11.6 Å². The van der Waals surface area contributed by atoms with Gasteiger partial charge in [0.2, 0.25) is 5.91 Å². The fourth-order valence-corrected chi connectivity index (χ4v) is 0.504. The summed E-state index contributed by atoms with van der Waals surface area (Å²) in [6, 6.07) is 0.172. The SMILES string of the molecule is CC(C)NC(=O)/C=C\Cl. The van der Waals surface area contributed by atoms with Crippen LogP contribution < -0.4 is 5.32 Å². The molecule has 0 heterocycles. The third-order valence-corrected chi connectivity index (χ3v) is 0.771. The Morgan fingerprint density at radius 3 is 2.56 bits per heavy atom. The van der Waals surface area contributed by atoms with Gasteiger partial charge >= 0.3 is 0 Å². The zero-order chi connectivity index (χ0) is 7.28. The van der Waals surface area contributed by atoms with Gasteiger partial charge in [0.05, 0.1) is 0 Å². The summed E-state index contributed by atoms with van der Waals surface area (Å²) in [4.78, 5) is 10.6. The molecule has 0 radical (unpaired) electrons. The molecule has 0 spiro atoms. The van der Waals surface area contributed by atoms with Gasteiger partial charge in [-0.05, 0) is 13.8 Å². The van der Waals surface area contributed by atoms with E-state index in [0.717, 1.165) is 0 Å². The molecule has 0 aromatic heterocycles. The first-order chi connectivity index (χ1) is 4.16. The molecule has 0 aliphatic rings. The lowest BCUT2D eigenvalue weighted by Gasteiger charge is -2.02. The van der Waals surface area contributed by atoms with E-state index in [9.17, 15) is 4.79 Å². The van der Waals surface area contributed by atoms with E-state index >= 15 is 0 Å². The molecule has 9 heavy (non-hydrogen) atoms. The molecule has 3 heteroatoms. The molecule has 1 N–H and O–H groups in total. The van der Waals surface area contributed by atoms with Crippen molar-refractivity contribution in [3.05, 3.63) is 11.6 Å². The minimum absolute atomic E-state index is 0.153. The Kier molecular flexibility index (Phi) is 4.14. The van der Waals surface area contributed by atoms with Gasteiger partial charge in [-0.2, -0.15) is 0 Å². The maximum atomic E-state index is 10.6. The first-order valence-corrected chi connectivity index (χ1v) is 3.17. The number of halogens is 1. The number of nitrogens with one attached hydrogen (secondary N) is 1. The van der Waals surface area contributed by atoms with Crippen molar-refractivity contribution >= 4 is 17.5 Å².